The van der Waals surface area contributed by atoms with Crippen molar-refractivity contribution < 1.29 is 33.9 Å². The van der Waals surface area contributed by atoms with E-state index in [1.54, 1.807) is 23.1 Å². The third-order valence-electron chi connectivity index (χ3n) is 6.69. The summed E-state index contributed by atoms with van der Waals surface area (Å²) < 4.78 is 11.1. The average Bonchev–Trinajstić information content (AvgIpc) is 3.04. The fraction of sp³-hybridized carbons (Fsp3) is 0.242. The maximum absolute atomic E-state index is 13.3. The molecular weight excluding hydrogens is 564 g/mol. The first kappa shape index (κ1) is 31.6. The van der Waals surface area contributed by atoms with Crippen LogP contribution in [0.3, 0.4) is 0 Å². The first-order chi connectivity index (χ1) is 21.4. The highest BCUT2D eigenvalue weighted by Crippen LogP contribution is 2.23. The van der Waals surface area contributed by atoms with Crippen LogP contribution in [0.5, 0.6) is 5.75 Å². The quantitative estimate of drug-likeness (QED) is 0.111. The van der Waals surface area contributed by atoms with Crippen molar-refractivity contribution in [3.05, 3.63) is 113 Å². The highest BCUT2D eigenvalue weighted by atomic mass is 16.5. The van der Waals surface area contributed by atoms with Gasteiger partial charge in [-0.1, -0.05) is 66.7 Å². The summed E-state index contributed by atoms with van der Waals surface area (Å²) >= 11 is 0. The Labute approximate surface area is 255 Å². The van der Waals surface area contributed by atoms with E-state index in [4.69, 9.17) is 14.7 Å². The SMILES string of the molecule is O=C(COc1cccc(C(=O)N/N=C/c2cccc(CN3C[C@H](c4ccccc4)OC(=O)CC/C=C/CCC3=O)c2)c1)NO. The molecule has 44 heavy (non-hydrogen) atoms. The van der Waals surface area contributed by atoms with E-state index < -0.39 is 24.5 Å². The number of hydrogen-bond donors (Lipinski definition) is 3. The maximum atomic E-state index is 13.3. The van der Waals surface area contributed by atoms with Crippen LogP contribution in [0.25, 0.3) is 0 Å². The van der Waals surface area contributed by atoms with Crippen LogP contribution >= 0.6 is 0 Å². The summed E-state index contributed by atoms with van der Waals surface area (Å²) in [5, 5.41) is 12.6. The third-order valence-corrected chi connectivity index (χ3v) is 6.69. The summed E-state index contributed by atoms with van der Waals surface area (Å²) in [5.41, 5.74) is 6.54. The van der Waals surface area contributed by atoms with Crippen LogP contribution in [0.4, 0.5) is 0 Å². The second-order valence-corrected chi connectivity index (χ2v) is 10.0. The van der Waals surface area contributed by atoms with E-state index in [0.29, 0.717) is 31.4 Å². The van der Waals surface area contributed by atoms with Crippen LogP contribution in [-0.2, 0) is 25.7 Å². The van der Waals surface area contributed by atoms with Crippen LogP contribution in [0.15, 0.2) is 96.1 Å². The Morgan fingerprint density at radius 3 is 2.55 bits per heavy atom. The van der Waals surface area contributed by atoms with E-state index in [2.05, 4.69) is 10.5 Å². The molecule has 1 aliphatic rings. The number of hydrazone groups is 1. The predicted molar refractivity (Wildman–Crippen MR) is 162 cm³/mol. The zero-order chi connectivity index (χ0) is 31.1. The molecule has 3 aromatic carbocycles. The molecule has 0 aliphatic carbocycles. The van der Waals surface area contributed by atoms with Gasteiger partial charge >= 0.3 is 5.97 Å². The van der Waals surface area contributed by atoms with Crippen molar-refractivity contribution in [2.24, 2.45) is 5.10 Å². The van der Waals surface area contributed by atoms with Crippen LogP contribution < -0.4 is 15.6 Å². The Morgan fingerprint density at radius 2 is 1.75 bits per heavy atom. The van der Waals surface area contributed by atoms with Crippen molar-refractivity contribution >= 4 is 29.9 Å². The molecule has 228 valence electrons. The van der Waals surface area contributed by atoms with Gasteiger partial charge in [-0.15, -0.1) is 0 Å². The van der Waals surface area contributed by atoms with E-state index in [9.17, 15) is 19.2 Å². The minimum Gasteiger partial charge on any atom is -0.484 e. The van der Waals surface area contributed by atoms with Gasteiger partial charge in [-0.3, -0.25) is 24.4 Å². The first-order valence-electron chi connectivity index (χ1n) is 14.2. The van der Waals surface area contributed by atoms with E-state index >= 15 is 0 Å². The van der Waals surface area contributed by atoms with Crippen LogP contribution in [0.1, 0.15) is 58.8 Å². The summed E-state index contributed by atoms with van der Waals surface area (Å²) in [6.07, 6.45) is 6.47. The number of carbonyl (C=O) groups excluding carboxylic acids is 4. The van der Waals surface area contributed by atoms with Gasteiger partial charge in [0.05, 0.1) is 12.8 Å². The molecule has 0 aromatic heterocycles. The fourth-order valence-electron chi connectivity index (χ4n) is 4.48. The second-order valence-electron chi connectivity index (χ2n) is 10.0. The summed E-state index contributed by atoms with van der Waals surface area (Å²) in [6, 6.07) is 23.0. The molecule has 11 nitrogen and oxygen atoms in total. The lowest BCUT2D eigenvalue weighted by molar-refractivity contribution is -0.152. The van der Waals surface area contributed by atoms with Gasteiger partial charge in [0.2, 0.25) is 5.91 Å². The molecular formula is C33H34N4O7. The molecule has 0 fully saturated rings. The van der Waals surface area contributed by atoms with Crippen molar-refractivity contribution in [3.8, 4) is 5.75 Å². The maximum Gasteiger partial charge on any atom is 0.306 e. The lowest BCUT2D eigenvalue weighted by Gasteiger charge is -2.28. The zero-order valence-electron chi connectivity index (χ0n) is 24.1. The van der Waals surface area contributed by atoms with E-state index in [1.807, 2.05) is 66.7 Å². The molecule has 0 radical (unpaired) electrons. The number of benzene rings is 3. The Bertz CT molecular complexity index is 1510. The summed E-state index contributed by atoms with van der Waals surface area (Å²) in [4.78, 5) is 51.3. The number of ether oxygens (including phenoxy) is 2. The van der Waals surface area contributed by atoms with Gasteiger partial charge in [0.15, 0.2) is 6.61 Å². The number of rotatable bonds is 9. The molecule has 1 heterocycles. The number of hydroxylamine groups is 1. The lowest BCUT2D eigenvalue weighted by Crippen LogP contribution is -2.35. The third kappa shape index (κ3) is 9.92. The number of nitrogens with zero attached hydrogens (tertiary/aromatic N) is 2. The van der Waals surface area contributed by atoms with E-state index in [1.165, 1.54) is 17.8 Å². The molecule has 0 unspecified atom stereocenters. The Balaban J connectivity index is 1.44. The summed E-state index contributed by atoms with van der Waals surface area (Å²) in [5.74, 6) is -1.31. The number of nitrogens with one attached hydrogen (secondary N) is 2. The van der Waals surface area contributed by atoms with Crippen molar-refractivity contribution in [1.82, 2.24) is 15.8 Å². The minimum absolute atomic E-state index is 0.0539. The lowest BCUT2D eigenvalue weighted by atomic mass is 10.1. The highest BCUT2D eigenvalue weighted by Gasteiger charge is 2.24. The van der Waals surface area contributed by atoms with Gasteiger partial charge in [0.1, 0.15) is 11.9 Å². The van der Waals surface area contributed by atoms with Gasteiger partial charge in [0.25, 0.3) is 11.8 Å². The topological polar surface area (TPSA) is 147 Å². The number of cyclic esters (lactones) is 1. The first-order valence-corrected chi connectivity index (χ1v) is 14.2. The van der Waals surface area contributed by atoms with Gasteiger partial charge in [-0.2, -0.15) is 5.10 Å². The predicted octanol–water partition coefficient (Wildman–Crippen LogP) is 4.08. The Morgan fingerprint density at radius 1 is 0.977 bits per heavy atom. The molecule has 3 N–H and O–H groups in total. The summed E-state index contributed by atoms with van der Waals surface area (Å²) in [6.45, 7) is 0.0902. The molecule has 3 aromatic rings. The van der Waals surface area contributed by atoms with Crippen LogP contribution in [0.2, 0.25) is 0 Å². The van der Waals surface area contributed by atoms with Crippen molar-refractivity contribution in [2.45, 2.75) is 38.3 Å². The number of carbonyl (C=O) groups is 4. The van der Waals surface area contributed by atoms with Crippen molar-refractivity contribution in [2.75, 3.05) is 13.2 Å². The highest BCUT2D eigenvalue weighted by molar-refractivity contribution is 5.95. The summed E-state index contributed by atoms with van der Waals surface area (Å²) in [7, 11) is 0. The molecule has 11 heteroatoms. The van der Waals surface area contributed by atoms with Crippen molar-refractivity contribution in [1.29, 1.82) is 0 Å². The molecule has 1 atom stereocenters. The monoisotopic (exact) mass is 598 g/mol. The van der Waals surface area contributed by atoms with E-state index in [-0.39, 0.29) is 36.2 Å². The second kappa shape index (κ2) is 16.4. The molecule has 0 bridgehead atoms. The molecule has 1 aliphatic heterocycles. The van der Waals surface area contributed by atoms with Gasteiger partial charge in [0, 0.05) is 24.9 Å². The van der Waals surface area contributed by atoms with Crippen molar-refractivity contribution in [3.63, 3.8) is 0 Å². The number of allylic oxidation sites excluding steroid dienone is 2. The number of hydrogen-bond acceptors (Lipinski definition) is 8. The van der Waals surface area contributed by atoms with Crippen LogP contribution in [0, 0.1) is 0 Å². The Hall–Kier alpha value is -5.29. The zero-order valence-corrected chi connectivity index (χ0v) is 24.1. The fourth-order valence-corrected chi connectivity index (χ4v) is 4.48. The van der Waals surface area contributed by atoms with Gasteiger partial charge in [-0.05, 0) is 53.8 Å². The molecule has 3 amide bonds. The standard InChI is InChI=1S/C33H34N4O7/c38-30(36-42)23-43-28-15-9-14-27(19-28)33(41)35-34-20-24-10-8-11-25(18-24)21-37-22-29(26-12-4-3-5-13-26)44-32(40)17-7-2-1-6-16-31(37)39/h1-5,8-15,18-20,29,42H,6-7,16-17,21-23H2,(H,35,41)(H,36,38)/b2-1+,34-20+/t29-/m1/s1. The largest absolute Gasteiger partial charge is 0.484 e. The smallest absolute Gasteiger partial charge is 0.306 e. The Kier molecular flexibility index (Phi) is 11.8. The minimum atomic E-state index is -0.726. The molecule has 0 saturated carbocycles. The normalized spacial score (nSPS) is 16.8. The van der Waals surface area contributed by atoms with E-state index in [0.717, 1.165) is 11.1 Å². The number of esters is 1. The molecule has 0 spiro atoms. The molecule has 0 saturated heterocycles. The van der Waals surface area contributed by atoms with Crippen LogP contribution in [-0.4, -0.2) is 53.2 Å². The van der Waals surface area contributed by atoms with Gasteiger partial charge in [-0.25, -0.2) is 10.9 Å². The number of amides is 3. The van der Waals surface area contributed by atoms with Gasteiger partial charge < -0.3 is 14.4 Å². The average molecular weight is 599 g/mol. The molecule has 4 rings (SSSR count).